The number of fused-ring (bicyclic) bond motifs is 4. The van der Waals surface area contributed by atoms with Crippen LogP contribution in [0.15, 0.2) is 18.2 Å². The summed E-state index contributed by atoms with van der Waals surface area (Å²) in [7, 11) is 1.82. The summed E-state index contributed by atoms with van der Waals surface area (Å²) in [6.07, 6.45) is 11.3. The van der Waals surface area contributed by atoms with Gasteiger partial charge in [-0.05, 0) is 99.2 Å². The number of rotatable bonds is 3. The van der Waals surface area contributed by atoms with Crippen LogP contribution in [0, 0.1) is 17.8 Å². The smallest absolute Gasteiger partial charge is 0.119 e. The SMILES string of the molecule is COc1ccc2c(c1)[C@]13CCCCC1C(C2)N(CC1CN2CCC1CC2)CC3. The summed E-state index contributed by atoms with van der Waals surface area (Å²) in [6.45, 7) is 6.79. The molecule has 0 radical (unpaired) electrons. The number of methoxy groups -OCH3 is 1. The Morgan fingerprint density at radius 3 is 2.75 bits per heavy atom. The Hall–Kier alpha value is -1.06. The van der Waals surface area contributed by atoms with Crippen molar-refractivity contribution in [2.24, 2.45) is 17.8 Å². The summed E-state index contributed by atoms with van der Waals surface area (Å²) in [4.78, 5) is 5.70. The van der Waals surface area contributed by atoms with Crippen LogP contribution in [0.5, 0.6) is 5.75 Å². The average Bonchev–Trinajstić information content (AvgIpc) is 2.76. The van der Waals surface area contributed by atoms with E-state index in [1.807, 2.05) is 7.11 Å². The number of hydrogen-bond acceptors (Lipinski definition) is 3. The van der Waals surface area contributed by atoms with Crippen LogP contribution in [-0.2, 0) is 11.8 Å². The van der Waals surface area contributed by atoms with Crippen molar-refractivity contribution in [1.82, 2.24) is 9.80 Å². The molecule has 0 spiro atoms. The molecular formula is C25H36N2O. The van der Waals surface area contributed by atoms with Gasteiger partial charge in [0.25, 0.3) is 0 Å². The second-order valence-electron chi connectivity index (χ2n) is 10.4. The summed E-state index contributed by atoms with van der Waals surface area (Å²) >= 11 is 0. The highest BCUT2D eigenvalue weighted by molar-refractivity contribution is 5.45. The lowest BCUT2D eigenvalue weighted by Gasteiger charge is -2.60. The zero-order valence-electron chi connectivity index (χ0n) is 17.5. The monoisotopic (exact) mass is 380 g/mol. The quantitative estimate of drug-likeness (QED) is 0.785. The fourth-order valence-electron chi connectivity index (χ4n) is 8.01. The molecule has 1 aromatic rings. The zero-order chi connectivity index (χ0) is 18.7. The third kappa shape index (κ3) is 2.61. The number of nitrogens with zero attached hydrogens (tertiary/aromatic N) is 2. The maximum atomic E-state index is 5.63. The van der Waals surface area contributed by atoms with Crippen LogP contribution in [0.3, 0.4) is 0 Å². The van der Waals surface area contributed by atoms with Gasteiger partial charge in [-0.2, -0.15) is 0 Å². The number of benzene rings is 1. The molecule has 3 nitrogen and oxygen atoms in total. The number of likely N-dealkylation sites (tertiary alicyclic amines) is 1. The average molecular weight is 381 g/mol. The van der Waals surface area contributed by atoms with Crippen LogP contribution < -0.4 is 4.74 Å². The van der Waals surface area contributed by atoms with E-state index in [-0.39, 0.29) is 0 Å². The summed E-state index contributed by atoms with van der Waals surface area (Å²) in [5.74, 6) is 3.86. The molecule has 4 atom stereocenters. The summed E-state index contributed by atoms with van der Waals surface area (Å²) in [5, 5.41) is 0. The van der Waals surface area contributed by atoms with Crippen molar-refractivity contribution in [3.8, 4) is 5.75 Å². The Morgan fingerprint density at radius 2 is 1.96 bits per heavy atom. The first-order valence-electron chi connectivity index (χ1n) is 11.9. The normalized spacial score (nSPS) is 42.0. The fraction of sp³-hybridized carbons (Fsp3) is 0.760. The van der Waals surface area contributed by atoms with E-state index in [2.05, 4.69) is 28.0 Å². The predicted octanol–water partition coefficient (Wildman–Crippen LogP) is 4.10. The third-order valence-corrected chi connectivity index (χ3v) is 9.42. The molecule has 2 aliphatic carbocycles. The Labute approximate surface area is 170 Å². The molecule has 152 valence electrons. The minimum Gasteiger partial charge on any atom is -0.497 e. The van der Waals surface area contributed by atoms with Crippen molar-refractivity contribution in [2.45, 2.75) is 62.8 Å². The number of ether oxygens (including phenoxy) is 1. The molecule has 4 heterocycles. The molecular weight excluding hydrogens is 344 g/mol. The van der Waals surface area contributed by atoms with Gasteiger partial charge < -0.3 is 9.64 Å². The molecule has 3 unspecified atom stereocenters. The topological polar surface area (TPSA) is 15.7 Å². The minimum atomic E-state index is 0.441. The van der Waals surface area contributed by atoms with Crippen molar-refractivity contribution >= 4 is 0 Å². The Balaban J connectivity index is 1.31. The van der Waals surface area contributed by atoms with Gasteiger partial charge in [0.05, 0.1) is 7.11 Å². The van der Waals surface area contributed by atoms with Crippen LogP contribution in [-0.4, -0.2) is 55.7 Å². The fourth-order valence-corrected chi connectivity index (χ4v) is 8.01. The first-order valence-corrected chi connectivity index (χ1v) is 11.9. The molecule has 4 aliphatic heterocycles. The van der Waals surface area contributed by atoms with Gasteiger partial charge >= 0.3 is 0 Å². The first-order chi connectivity index (χ1) is 13.8. The molecule has 1 saturated carbocycles. The zero-order valence-corrected chi connectivity index (χ0v) is 17.5. The Bertz CT molecular complexity index is 740. The Morgan fingerprint density at radius 1 is 1.07 bits per heavy atom. The molecule has 1 aromatic carbocycles. The molecule has 28 heavy (non-hydrogen) atoms. The molecule has 0 aromatic heterocycles. The van der Waals surface area contributed by atoms with Gasteiger partial charge in [-0.3, -0.25) is 4.90 Å². The summed E-state index contributed by atoms with van der Waals surface area (Å²) in [6, 6.07) is 7.79. The second kappa shape index (κ2) is 6.74. The highest BCUT2D eigenvalue weighted by Gasteiger charge is 2.54. The van der Waals surface area contributed by atoms with E-state index in [4.69, 9.17) is 4.74 Å². The predicted molar refractivity (Wildman–Crippen MR) is 113 cm³/mol. The lowest BCUT2D eigenvalue weighted by atomic mass is 9.52. The van der Waals surface area contributed by atoms with Gasteiger partial charge in [-0.25, -0.2) is 0 Å². The van der Waals surface area contributed by atoms with E-state index in [0.29, 0.717) is 5.41 Å². The largest absolute Gasteiger partial charge is 0.497 e. The van der Waals surface area contributed by atoms with Crippen LogP contribution in [0.25, 0.3) is 0 Å². The molecule has 4 saturated heterocycles. The van der Waals surface area contributed by atoms with Crippen molar-refractivity contribution in [3.63, 3.8) is 0 Å². The van der Waals surface area contributed by atoms with E-state index >= 15 is 0 Å². The molecule has 4 bridgehead atoms. The van der Waals surface area contributed by atoms with Gasteiger partial charge in [-0.1, -0.05) is 18.9 Å². The van der Waals surface area contributed by atoms with E-state index in [9.17, 15) is 0 Å². The highest BCUT2D eigenvalue weighted by atomic mass is 16.5. The van der Waals surface area contributed by atoms with Crippen LogP contribution in [0.2, 0.25) is 0 Å². The minimum absolute atomic E-state index is 0.441. The molecule has 7 rings (SSSR count). The lowest BCUT2D eigenvalue weighted by Crippen LogP contribution is -2.62. The standard InChI is InChI=1S/C25H36N2O/c1-28-21-6-5-19-14-24-22-4-2-3-9-25(22,23(19)15-21)10-13-27(24)17-20-16-26-11-7-18(20)8-12-26/h5-6,15,18,20,22,24H,2-4,7-14,16-17H2,1H3/t20?,22?,24?,25-/m0/s1. The molecule has 6 aliphatic rings. The summed E-state index contributed by atoms with van der Waals surface area (Å²) in [5.41, 5.74) is 3.73. The van der Waals surface area contributed by atoms with E-state index < -0.39 is 0 Å². The van der Waals surface area contributed by atoms with Crippen molar-refractivity contribution < 1.29 is 4.74 Å². The summed E-state index contributed by atoms with van der Waals surface area (Å²) < 4.78 is 5.63. The van der Waals surface area contributed by atoms with Crippen LogP contribution in [0.4, 0.5) is 0 Å². The van der Waals surface area contributed by atoms with Gasteiger partial charge in [0.1, 0.15) is 5.75 Å². The van der Waals surface area contributed by atoms with Gasteiger partial charge in [0.15, 0.2) is 0 Å². The molecule has 3 heteroatoms. The number of hydrogen-bond donors (Lipinski definition) is 0. The van der Waals surface area contributed by atoms with Crippen molar-refractivity contribution in [2.75, 3.05) is 39.8 Å². The lowest BCUT2D eigenvalue weighted by molar-refractivity contribution is -0.0413. The highest BCUT2D eigenvalue weighted by Crippen LogP contribution is 2.56. The van der Waals surface area contributed by atoms with Crippen LogP contribution >= 0.6 is 0 Å². The Kier molecular flexibility index (Phi) is 4.28. The van der Waals surface area contributed by atoms with Gasteiger partial charge in [0.2, 0.25) is 0 Å². The van der Waals surface area contributed by atoms with Gasteiger partial charge in [-0.15, -0.1) is 0 Å². The maximum Gasteiger partial charge on any atom is 0.119 e. The van der Waals surface area contributed by atoms with Crippen molar-refractivity contribution in [3.05, 3.63) is 29.3 Å². The third-order valence-electron chi connectivity index (χ3n) is 9.42. The van der Waals surface area contributed by atoms with Crippen LogP contribution in [0.1, 0.15) is 56.1 Å². The maximum absolute atomic E-state index is 5.63. The van der Waals surface area contributed by atoms with E-state index in [1.165, 1.54) is 84.1 Å². The van der Waals surface area contributed by atoms with E-state index in [0.717, 1.165) is 29.5 Å². The van der Waals surface area contributed by atoms with E-state index in [1.54, 1.807) is 11.1 Å². The molecule has 0 N–H and O–H groups in total. The van der Waals surface area contributed by atoms with Gasteiger partial charge in [0, 0.05) is 24.5 Å². The second-order valence-corrected chi connectivity index (χ2v) is 10.4. The van der Waals surface area contributed by atoms with Crippen molar-refractivity contribution in [1.29, 1.82) is 0 Å². The molecule has 0 amide bonds. The molecule has 5 fully saturated rings. The first kappa shape index (κ1) is 17.8. The number of piperidine rings is 4.